The van der Waals surface area contributed by atoms with Gasteiger partial charge in [0.25, 0.3) is 0 Å². The van der Waals surface area contributed by atoms with Crippen LogP contribution in [0.2, 0.25) is 0 Å². The third-order valence-corrected chi connectivity index (χ3v) is 1.04. The maximum Gasteiger partial charge on any atom is 0.316 e. The minimum absolute atomic E-state index is 0.536. The van der Waals surface area contributed by atoms with E-state index in [0.717, 1.165) is 5.69 Å². The van der Waals surface area contributed by atoms with Crippen LogP contribution in [0.1, 0.15) is 0 Å². The summed E-state index contributed by atoms with van der Waals surface area (Å²) in [6, 6.07) is 8.52. The molecule has 0 aliphatic heterocycles. The van der Waals surface area contributed by atoms with Gasteiger partial charge in [0.1, 0.15) is 0 Å². The Labute approximate surface area is 83.7 Å². The number of hydrogen-bond donors (Lipinski definition) is 3. The van der Waals surface area contributed by atoms with Crippen LogP contribution in [0.3, 0.4) is 0 Å². The summed E-state index contributed by atoms with van der Waals surface area (Å²) in [5.41, 5.74) is 5.59. The molecule has 0 heterocycles. The molecule has 7 heteroatoms. The topological polar surface area (TPSA) is 121 Å². The Kier molecular flexibility index (Phi) is 6.29. The Bertz CT molecular complexity index is 300. The van der Waals surface area contributed by atoms with Gasteiger partial charge < -0.3 is 15.6 Å². The lowest BCUT2D eigenvalue weighted by molar-refractivity contribution is 0.259. The third-order valence-electron chi connectivity index (χ3n) is 1.04. The Morgan fingerprint density at radius 3 is 2.14 bits per heavy atom. The molecule has 0 saturated carbocycles. The SMILES string of the molecule is NC(=O)Nc1ccccc1.NS(=O)[O-]. The first-order valence-electron chi connectivity index (χ1n) is 3.47. The van der Waals surface area contributed by atoms with E-state index in [0.29, 0.717) is 0 Å². The molecule has 0 bridgehead atoms. The molecule has 0 aliphatic rings. The van der Waals surface area contributed by atoms with E-state index in [1.165, 1.54) is 0 Å². The van der Waals surface area contributed by atoms with Crippen LogP contribution >= 0.6 is 0 Å². The molecule has 0 aromatic heterocycles. The lowest BCUT2D eigenvalue weighted by Gasteiger charge is -1.97. The van der Waals surface area contributed by atoms with Gasteiger partial charge in [-0.2, -0.15) is 0 Å². The Morgan fingerprint density at radius 1 is 1.36 bits per heavy atom. The van der Waals surface area contributed by atoms with Gasteiger partial charge in [0, 0.05) is 17.0 Å². The first-order chi connectivity index (χ1) is 6.52. The van der Waals surface area contributed by atoms with Crippen LogP contribution in [-0.2, 0) is 11.3 Å². The zero-order valence-electron chi connectivity index (χ0n) is 7.17. The molecule has 14 heavy (non-hydrogen) atoms. The molecule has 1 aromatic carbocycles. The molecular formula is C7H10N3O3S-. The van der Waals surface area contributed by atoms with Gasteiger partial charge in [-0.05, 0) is 12.1 Å². The molecule has 0 spiro atoms. The smallest absolute Gasteiger partial charge is 0.316 e. The number of carbonyl (C=O) groups is 1. The van der Waals surface area contributed by atoms with Crippen LogP contribution in [-0.4, -0.2) is 14.8 Å². The highest BCUT2D eigenvalue weighted by atomic mass is 32.2. The van der Waals surface area contributed by atoms with Crippen molar-refractivity contribution in [2.45, 2.75) is 0 Å². The molecular weight excluding hydrogens is 206 g/mol. The number of hydrogen-bond acceptors (Lipinski definition) is 3. The molecule has 0 fully saturated rings. The first-order valence-corrected chi connectivity index (χ1v) is 4.61. The molecule has 0 aliphatic carbocycles. The van der Waals surface area contributed by atoms with Crippen molar-refractivity contribution in [3.8, 4) is 0 Å². The van der Waals surface area contributed by atoms with E-state index in [2.05, 4.69) is 10.5 Å². The summed E-state index contributed by atoms with van der Waals surface area (Å²) in [6.07, 6.45) is 0. The van der Waals surface area contributed by atoms with Gasteiger partial charge >= 0.3 is 6.03 Å². The van der Waals surface area contributed by atoms with Crippen molar-refractivity contribution >= 4 is 23.0 Å². The second-order valence-corrected chi connectivity index (χ2v) is 2.64. The van der Waals surface area contributed by atoms with E-state index in [1.807, 2.05) is 18.2 Å². The second-order valence-electron chi connectivity index (χ2n) is 2.12. The standard InChI is InChI=1S/C7H8N2O.H3NO2S/c8-7(10)9-6-4-2-1-3-5-6;1-4(2)3/h1-5H,(H3,8,9,10);1H2,(H,2,3)/p-1. The van der Waals surface area contributed by atoms with Crippen LogP contribution in [0.25, 0.3) is 0 Å². The summed E-state index contributed by atoms with van der Waals surface area (Å²) in [6.45, 7) is 0. The van der Waals surface area contributed by atoms with E-state index in [-0.39, 0.29) is 0 Å². The molecule has 0 radical (unpaired) electrons. The van der Waals surface area contributed by atoms with Gasteiger partial charge in [-0.15, -0.1) is 0 Å². The fourth-order valence-corrected chi connectivity index (χ4v) is 0.664. The summed E-state index contributed by atoms with van der Waals surface area (Å²) < 4.78 is 17.6. The predicted molar refractivity (Wildman–Crippen MR) is 52.8 cm³/mol. The van der Waals surface area contributed by atoms with Crippen molar-refractivity contribution in [3.63, 3.8) is 0 Å². The second kappa shape index (κ2) is 7.01. The fourth-order valence-electron chi connectivity index (χ4n) is 0.664. The number of benzene rings is 1. The maximum atomic E-state index is 10.3. The van der Waals surface area contributed by atoms with E-state index < -0.39 is 17.3 Å². The van der Waals surface area contributed by atoms with E-state index in [1.54, 1.807) is 12.1 Å². The highest BCUT2D eigenvalue weighted by molar-refractivity contribution is 7.76. The minimum Gasteiger partial charge on any atom is -0.760 e. The Morgan fingerprint density at radius 2 is 1.79 bits per heavy atom. The van der Waals surface area contributed by atoms with Crippen molar-refractivity contribution in [1.29, 1.82) is 0 Å². The molecule has 0 saturated heterocycles. The van der Waals surface area contributed by atoms with E-state index >= 15 is 0 Å². The number of primary amides is 1. The monoisotopic (exact) mass is 216 g/mol. The van der Waals surface area contributed by atoms with E-state index in [9.17, 15) is 4.79 Å². The van der Waals surface area contributed by atoms with Crippen molar-refractivity contribution in [2.75, 3.05) is 5.32 Å². The highest BCUT2D eigenvalue weighted by Crippen LogP contribution is 2.03. The number of carbonyl (C=O) groups excluding carboxylic acids is 1. The molecule has 78 valence electrons. The fraction of sp³-hybridized carbons (Fsp3) is 0. The summed E-state index contributed by atoms with van der Waals surface area (Å²) in [4.78, 5) is 10.3. The average molecular weight is 216 g/mol. The van der Waals surface area contributed by atoms with Crippen LogP contribution < -0.4 is 16.2 Å². The molecule has 5 N–H and O–H groups in total. The largest absolute Gasteiger partial charge is 0.760 e. The van der Waals surface area contributed by atoms with Crippen molar-refractivity contribution in [1.82, 2.24) is 0 Å². The zero-order chi connectivity index (χ0) is 11.0. The maximum absolute atomic E-state index is 10.3. The Hall–Kier alpha value is -1.44. The van der Waals surface area contributed by atoms with Gasteiger partial charge in [0.2, 0.25) is 0 Å². The highest BCUT2D eigenvalue weighted by Gasteiger charge is 1.90. The van der Waals surface area contributed by atoms with Crippen molar-refractivity contribution in [3.05, 3.63) is 30.3 Å². The van der Waals surface area contributed by atoms with E-state index in [4.69, 9.17) is 14.5 Å². The first kappa shape index (κ1) is 12.6. The number of nitrogens with two attached hydrogens (primary N) is 2. The molecule has 1 unspecified atom stereocenters. The van der Waals surface area contributed by atoms with Gasteiger partial charge in [0.05, 0.1) is 0 Å². The summed E-state index contributed by atoms with van der Waals surface area (Å²) >= 11 is -2.36. The molecule has 1 aromatic rings. The van der Waals surface area contributed by atoms with Gasteiger partial charge in [-0.1, -0.05) is 18.2 Å². The lowest BCUT2D eigenvalue weighted by Crippen LogP contribution is -2.18. The van der Waals surface area contributed by atoms with Crippen LogP contribution in [0.5, 0.6) is 0 Å². The molecule has 1 rings (SSSR count). The normalized spacial score (nSPS) is 10.7. The van der Waals surface area contributed by atoms with Gasteiger partial charge in [0.15, 0.2) is 0 Å². The average Bonchev–Trinajstić information content (AvgIpc) is 2.03. The predicted octanol–water partition coefficient (Wildman–Crippen LogP) is -0.0836. The number of nitrogens with one attached hydrogen (secondary N) is 1. The lowest BCUT2D eigenvalue weighted by atomic mass is 10.3. The van der Waals surface area contributed by atoms with Crippen LogP contribution in [0.15, 0.2) is 30.3 Å². The summed E-state index contributed by atoms with van der Waals surface area (Å²) in [5.74, 6) is 0. The summed E-state index contributed by atoms with van der Waals surface area (Å²) in [5, 5.41) is 6.47. The Balaban J connectivity index is 0.000000364. The zero-order valence-corrected chi connectivity index (χ0v) is 7.99. The van der Waals surface area contributed by atoms with Crippen LogP contribution in [0.4, 0.5) is 10.5 Å². The molecule has 6 nitrogen and oxygen atoms in total. The van der Waals surface area contributed by atoms with Gasteiger partial charge in [-0.3, -0.25) is 9.35 Å². The number of para-hydroxylation sites is 1. The minimum atomic E-state index is -2.36. The third kappa shape index (κ3) is 8.65. The van der Waals surface area contributed by atoms with Gasteiger partial charge in [-0.25, -0.2) is 4.79 Å². The number of amides is 2. The number of rotatable bonds is 1. The summed E-state index contributed by atoms with van der Waals surface area (Å²) in [7, 11) is 0. The van der Waals surface area contributed by atoms with Crippen molar-refractivity contribution in [2.24, 2.45) is 10.9 Å². The molecule has 1 atom stereocenters. The number of anilines is 1. The van der Waals surface area contributed by atoms with Crippen molar-refractivity contribution < 1.29 is 13.6 Å². The quantitative estimate of drug-likeness (QED) is 0.569. The van der Waals surface area contributed by atoms with Crippen LogP contribution in [0, 0.1) is 0 Å². The molecule has 2 amide bonds. The number of urea groups is 1.